The Morgan fingerprint density at radius 3 is 2.35 bits per heavy atom. The third-order valence-electron chi connectivity index (χ3n) is 3.47. The second-order valence-electron chi connectivity index (χ2n) is 5.28. The highest BCUT2D eigenvalue weighted by atomic mass is 32.2. The van der Waals surface area contributed by atoms with Crippen LogP contribution < -0.4 is 5.32 Å². The van der Waals surface area contributed by atoms with E-state index in [1.807, 2.05) is 0 Å². The molecule has 2 aromatic carbocycles. The normalized spacial score (nSPS) is 12.3. The second-order valence-corrected chi connectivity index (χ2v) is 6.13. The number of amides is 1. The highest BCUT2D eigenvalue weighted by Crippen LogP contribution is 2.34. The zero-order valence-electron chi connectivity index (χ0n) is 14.0. The molecule has 8 heteroatoms. The summed E-state index contributed by atoms with van der Waals surface area (Å²) in [4.78, 5) is 25.0. The Labute approximate surface area is 152 Å². The molecule has 1 amide bonds. The lowest BCUT2D eigenvalue weighted by Gasteiger charge is -2.17. The van der Waals surface area contributed by atoms with Gasteiger partial charge in [0.1, 0.15) is 0 Å². The van der Waals surface area contributed by atoms with Crippen molar-refractivity contribution < 1.29 is 27.5 Å². The van der Waals surface area contributed by atoms with Gasteiger partial charge in [0.2, 0.25) is 0 Å². The molecule has 1 atom stereocenters. The third-order valence-corrected chi connectivity index (χ3v) is 4.27. The van der Waals surface area contributed by atoms with Crippen molar-refractivity contribution >= 4 is 29.3 Å². The minimum atomic E-state index is -4.61. The number of esters is 1. The maximum atomic E-state index is 13.0. The number of halogens is 3. The van der Waals surface area contributed by atoms with Gasteiger partial charge in [-0.25, -0.2) is 4.79 Å². The van der Waals surface area contributed by atoms with E-state index in [0.717, 1.165) is 12.1 Å². The van der Waals surface area contributed by atoms with E-state index in [1.165, 1.54) is 30.8 Å². The number of thioether (sulfide) groups is 1. The molecule has 0 fully saturated rings. The molecule has 0 aliphatic heterocycles. The molecule has 138 valence electrons. The molecule has 0 radical (unpaired) electrons. The van der Waals surface area contributed by atoms with Crippen LogP contribution in [0.3, 0.4) is 0 Å². The predicted molar refractivity (Wildman–Crippen MR) is 93.2 cm³/mol. The number of para-hydroxylation sites is 1. The van der Waals surface area contributed by atoms with E-state index < -0.39 is 35.4 Å². The largest absolute Gasteiger partial charge is 0.449 e. The zero-order chi connectivity index (χ0) is 19.3. The molecule has 0 bridgehead atoms. The molecule has 0 saturated heterocycles. The first-order valence-corrected chi connectivity index (χ1v) is 8.77. The highest BCUT2D eigenvalue weighted by Gasteiger charge is 2.34. The Bertz CT molecular complexity index is 808. The first-order chi connectivity index (χ1) is 12.2. The molecule has 0 unspecified atom stereocenters. The molecule has 4 nitrogen and oxygen atoms in total. The Hall–Kier alpha value is -2.48. The monoisotopic (exact) mass is 383 g/mol. The van der Waals surface area contributed by atoms with Gasteiger partial charge in [-0.15, -0.1) is 11.8 Å². The summed E-state index contributed by atoms with van der Waals surface area (Å²) < 4.78 is 44.0. The molecule has 0 heterocycles. The first-order valence-electron chi connectivity index (χ1n) is 7.55. The number of benzene rings is 2. The molecule has 1 N–H and O–H groups in total. The number of alkyl halides is 3. The summed E-state index contributed by atoms with van der Waals surface area (Å²) in [6.45, 7) is 1.30. The van der Waals surface area contributed by atoms with Crippen molar-refractivity contribution in [3.05, 3.63) is 59.7 Å². The van der Waals surface area contributed by atoms with Gasteiger partial charge in [0.25, 0.3) is 5.91 Å². The smallest absolute Gasteiger partial charge is 0.418 e. The van der Waals surface area contributed by atoms with E-state index in [-0.39, 0.29) is 5.56 Å². The third kappa shape index (κ3) is 4.78. The van der Waals surface area contributed by atoms with Crippen LogP contribution in [0.25, 0.3) is 0 Å². The number of hydrogen-bond donors (Lipinski definition) is 1. The average Bonchev–Trinajstić information content (AvgIpc) is 2.61. The van der Waals surface area contributed by atoms with Gasteiger partial charge in [0.05, 0.1) is 16.8 Å². The summed E-state index contributed by atoms with van der Waals surface area (Å²) in [5, 5.41) is 2.16. The maximum absolute atomic E-state index is 13.0. The molecule has 0 aromatic heterocycles. The van der Waals surface area contributed by atoms with Crippen LogP contribution in [0.2, 0.25) is 0 Å². The number of carbonyl (C=O) groups excluding carboxylic acids is 2. The van der Waals surface area contributed by atoms with E-state index in [0.29, 0.717) is 4.90 Å². The lowest BCUT2D eigenvalue weighted by molar-refractivity contribution is -0.137. The first kappa shape index (κ1) is 19.8. The molecule has 2 aromatic rings. The molecule has 26 heavy (non-hydrogen) atoms. The quantitative estimate of drug-likeness (QED) is 0.605. The lowest BCUT2D eigenvalue weighted by atomic mass is 10.1. The van der Waals surface area contributed by atoms with Crippen molar-refractivity contribution in [3.63, 3.8) is 0 Å². The second kappa shape index (κ2) is 8.27. The molecular weight excluding hydrogens is 367 g/mol. The van der Waals surface area contributed by atoms with Crippen LogP contribution in [-0.2, 0) is 15.7 Å². The van der Waals surface area contributed by atoms with Gasteiger partial charge in [-0.1, -0.05) is 24.3 Å². The van der Waals surface area contributed by atoms with Crippen LogP contribution >= 0.6 is 11.8 Å². The minimum absolute atomic E-state index is 0.287. The van der Waals surface area contributed by atoms with Crippen LogP contribution in [0.15, 0.2) is 53.4 Å². The Morgan fingerprint density at radius 2 is 1.69 bits per heavy atom. The molecular formula is C18H16F3NO3S. The van der Waals surface area contributed by atoms with Crippen LogP contribution in [0.4, 0.5) is 18.9 Å². The fourth-order valence-electron chi connectivity index (χ4n) is 2.16. The number of carbonyl (C=O) groups is 2. The van der Waals surface area contributed by atoms with Crippen molar-refractivity contribution in [1.29, 1.82) is 0 Å². The van der Waals surface area contributed by atoms with Crippen molar-refractivity contribution in [2.75, 3.05) is 11.6 Å². The maximum Gasteiger partial charge on any atom is 0.418 e. The SMILES string of the molecule is CSc1ccccc1C(=O)O[C@H](C)C(=O)Nc1ccccc1C(F)(F)F. The number of hydrogen-bond acceptors (Lipinski definition) is 4. The van der Waals surface area contributed by atoms with Gasteiger partial charge in [-0.2, -0.15) is 13.2 Å². The van der Waals surface area contributed by atoms with Gasteiger partial charge >= 0.3 is 12.1 Å². The fourth-order valence-corrected chi connectivity index (χ4v) is 2.75. The van der Waals surface area contributed by atoms with Crippen LogP contribution in [-0.4, -0.2) is 24.2 Å². The summed E-state index contributed by atoms with van der Waals surface area (Å²) in [6.07, 6.45) is -4.09. The van der Waals surface area contributed by atoms with E-state index in [4.69, 9.17) is 4.74 Å². The fraction of sp³-hybridized carbons (Fsp3) is 0.222. The van der Waals surface area contributed by atoms with E-state index in [2.05, 4.69) is 5.32 Å². The van der Waals surface area contributed by atoms with Crippen molar-refractivity contribution in [1.82, 2.24) is 0 Å². The summed E-state index contributed by atoms with van der Waals surface area (Å²) in [7, 11) is 0. The molecule has 0 spiro atoms. The number of nitrogens with one attached hydrogen (secondary N) is 1. The standard InChI is InChI=1S/C18H16F3NO3S/c1-11(25-17(24)12-7-3-6-10-15(12)26-2)16(23)22-14-9-5-4-8-13(14)18(19,20)21/h3-11H,1-2H3,(H,22,23)/t11-/m1/s1. The van der Waals surface area contributed by atoms with Gasteiger partial charge < -0.3 is 10.1 Å². The molecule has 2 rings (SSSR count). The van der Waals surface area contributed by atoms with Crippen molar-refractivity contribution in [3.8, 4) is 0 Å². The molecule has 0 saturated carbocycles. The van der Waals surface area contributed by atoms with Crippen molar-refractivity contribution in [2.45, 2.75) is 24.1 Å². The highest BCUT2D eigenvalue weighted by molar-refractivity contribution is 7.98. The van der Waals surface area contributed by atoms with Crippen LogP contribution in [0, 0.1) is 0 Å². The van der Waals surface area contributed by atoms with Gasteiger partial charge in [-0.05, 0) is 37.4 Å². The van der Waals surface area contributed by atoms with Gasteiger partial charge in [0.15, 0.2) is 6.10 Å². The van der Waals surface area contributed by atoms with Crippen LogP contribution in [0.1, 0.15) is 22.8 Å². The summed E-state index contributed by atoms with van der Waals surface area (Å²) >= 11 is 1.34. The van der Waals surface area contributed by atoms with Crippen LogP contribution in [0.5, 0.6) is 0 Å². The summed E-state index contributed by atoms with van der Waals surface area (Å²) in [5.74, 6) is -1.57. The lowest BCUT2D eigenvalue weighted by Crippen LogP contribution is -2.31. The summed E-state index contributed by atoms with van der Waals surface area (Å²) in [5.41, 5.74) is -1.08. The topological polar surface area (TPSA) is 55.4 Å². The Morgan fingerprint density at radius 1 is 1.08 bits per heavy atom. The van der Waals surface area contributed by atoms with E-state index >= 15 is 0 Å². The minimum Gasteiger partial charge on any atom is -0.449 e. The number of ether oxygens (including phenoxy) is 1. The summed E-state index contributed by atoms with van der Waals surface area (Å²) in [6, 6.07) is 11.3. The van der Waals surface area contributed by atoms with E-state index in [1.54, 1.807) is 30.5 Å². The van der Waals surface area contributed by atoms with Crippen molar-refractivity contribution in [2.24, 2.45) is 0 Å². The predicted octanol–water partition coefficient (Wildman–Crippen LogP) is 4.61. The molecule has 0 aliphatic carbocycles. The Balaban J connectivity index is 2.10. The van der Waals surface area contributed by atoms with E-state index in [9.17, 15) is 22.8 Å². The van der Waals surface area contributed by atoms with Gasteiger partial charge in [0, 0.05) is 4.90 Å². The number of anilines is 1. The Kier molecular flexibility index (Phi) is 6.31. The molecule has 0 aliphatic rings. The van der Waals surface area contributed by atoms with Gasteiger partial charge in [-0.3, -0.25) is 4.79 Å². The number of rotatable bonds is 5. The zero-order valence-corrected chi connectivity index (χ0v) is 14.8. The average molecular weight is 383 g/mol.